The molecule has 0 spiro atoms. The van der Waals surface area contributed by atoms with Crippen LogP contribution in [-0.4, -0.2) is 5.97 Å². The molecule has 0 saturated carbocycles. The van der Waals surface area contributed by atoms with Crippen LogP contribution in [0.25, 0.3) is 11.3 Å². The number of aromatic carboxylic acids is 1. The van der Waals surface area contributed by atoms with E-state index in [1.807, 2.05) is 0 Å². The quantitative estimate of drug-likeness (QED) is 0.829. The number of hydrogen-bond acceptors (Lipinski definition) is 3. The third kappa shape index (κ3) is 2.05. The average molecular weight is 256 g/mol. The maximum Gasteiger partial charge on any atom is 0.150 e. The van der Waals surface area contributed by atoms with Gasteiger partial charge < -0.3 is 14.3 Å². The molecule has 0 N–H and O–H groups in total. The summed E-state index contributed by atoms with van der Waals surface area (Å²) in [6.07, 6.45) is 0. The van der Waals surface area contributed by atoms with Gasteiger partial charge in [-0.25, -0.2) is 0 Å². The summed E-state index contributed by atoms with van der Waals surface area (Å²) in [4.78, 5) is 10.5. The van der Waals surface area contributed by atoms with Crippen LogP contribution in [0.2, 0.25) is 10.0 Å². The number of halogens is 2. The van der Waals surface area contributed by atoms with Crippen molar-refractivity contribution in [3.8, 4) is 11.3 Å². The molecule has 0 aliphatic carbocycles. The molecule has 0 aliphatic heterocycles. The summed E-state index contributed by atoms with van der Waals surface area (Å²) in [6, 6.07) is 7.66. The van der Waals surface area contributed by atoms with Gasteiger partial charge >= 0.3 is 0 Å². The van der Waals surface area contributed by atoms with Crippen molar-refractivity contribution < 1.29 is 14.3 Å². The summed E-state index contributed by atoms with van der Waals surface area (Å²) >= 11 is 11.7. The minimum absolute atomic E-state index is 0.244. The van der Waals surface area contributed by atoms with E-state index in [2.05, 4.69) is 0 Å². The molecule has 0 atom stereocenters. The molecule has 16 heavy (non-hydrogen) atoms. The summed E-state index contributed by atoms with van der Waals surface area (Å²) in [5.74, 6) is -1.28. The third-order valence-electron chi connectivity index (χ3n) is 2.00. The van der Waals surface area contributed by atoms with E-state index >= 15 is 0 Å². The third-order valence-corrected chi connectivity index (χ3v) is 2.57. The summed E-state index contributed by atoms with van der Waals surface area (Å²) < 4.78 is 5.06. The van der Waals surface area contributed by atoms with E-state index in [1.54, 1.807) is 18.2 Å². The van der Waals surface area contributed by atoms with Gasteiger partial charge in [0.2, 0.25) is 0 Å². The van der Waals surface area contributed by atoms with Gasteiger partial charge in [-0.1, -0.05) is 23.2 Å². The lowest BCUT2D eigenvalue weighted by atomic mass is 10.2. The fraction of sp³-hybridized carbons (Fsp3) is 0. The zero-order valence-corrected chi connectivity index (χ0v) is 9.38. The highest BCUT2D eigenvalue weighted by atomic mass is 35.5. The number of carbonyl (C=O) groups is 1. The van der Waals surface area contributed by atoms with Crippen LogP contribution in [0.5, 0.6) is 0 Å². The average Bonchev–Trinajstić information content (AvgIpc) is 2.70. The van der Waals surface area contributed by atoms with Gasteiger partial charge in [-0.3, -0.25) is 0 Å². The minimum atomic E-state index is -1.37. The smallest absolute Gasteiger partial charge is 0.150 e. The molecular weight excluding hydrogens is 251 g/mol. The number of carbonyl (C=O) groups excluding carboxylic acids is 1. The fourth-order valence-electron chi connectivity index (χ4n) is 1.28. The maximum absolute atomic E-state index is 10.5. The SMILES string of the molecule is O=C([O-])c1ccc(-c2cc(Cl)ccc2Cl)o1. The minimum Gasteiger partial charge on any atom is -0.542 e. The number of carboxylic acids is 1. The number of rotatable bonds is 2. The van der Waals surface area contributed by atoms with Gasteiger partial charge in [0.05, 0.1) is 5.02 Å². The second-order valence-electron chi connectivity index (χ2n) is 3.08. The Morgan fingerprint density at radius 2 is 1.94 bits per heavy atom. The molecule has 3 nitrogen and oxygen atoms in total. The van der Waals surface area contributed by atoms with Crippen molar-refractivity contribution in [2.45, 2.75) is 0 Å². The Morgan fingerprint density at radius 3 is 2.56 bits per heavy atom. The Labute approximate surface area is 101 Å². The lowest BCUT2D eigenvalue weighted by Gasteiger charge is -2.01. The van der Waals surface area contributed by atoms with Gasteiger partial charge in [0.15, 0.2) is 0 Å². The Bertz CT molecular complexity index is 546. The van der Waals surface area contributed by atoms with Crippen LogP contribution >= 0.6 is 23.2 Å². The molecule has 0 fully saturated rings. The molecule has 0 bridgehead atoms. The van der Waals surface area contributed by atoms with Crippen LogP contribution in [0.4, 0.5) is 0 Å². The molecule has 0 amide bonds. The molecule has 1 heterocycles. The highest BCUT2D eigenvalue weighted by Gasteiger charge is 2.09. The normalized spacial score (nSPS) is 10.4. The lowest BCUT2D eigenvalue weighted by molar-refractivity contribution is -0.257. The standard InChI is InChI=1S/C11H6Cl2O3/c12-6-1-2-8(13)7(5-6)9-3-4-10(16-9)11(14)15/h1-5H,(H,14,15)/p-1. The topological polar surface area (TPSA) is 53.3 Å². The van der Waals surface area contributed by atoms with Crippen LogP contribution < -0.4 is 5.11 Å². The van der Waals surface area contributed by atoms with E-state index in [4.69, 9.17) is 27.6 Å². The predicted molar refractivity (Wildman–Crippen MR) is 58.5 cm³/mol. The second kappa shape index (κ2) is 4.20. The molecule has 2 aromatic rings. The van der Waals surface area contributed by atoms with E-state index in [0.29, 0.717) is 21.4 Å². The van der Waals surface area contributed by atoms with E-state index in [1.165, 1.54) is 12.1 Å². The Hall–Kier alpha value is -1.45. The first kappa shape index (κ1) is 11.0. The molecule has 1 aromatic heterocycles. The van der Waals surface area contributed by atoms with Gasteiger partial charge in [0, 0.05) is 10.6 Å². The predicted octanol–water partition coefficient (Wildman–Crippen LogP) is 2.62. The summed E-state index contributed by atoms with van der Waals surface area (Å²) in [5.41, 5.74) is 0.543. The fourth-order valence-corrected chi connectivity index (χ4v) is 1.66. The Kier molecular flexibility index (Phi) is 2.90. The number of furan rings is 1. The van der Waals surface area contributed by atoms with Gasteiger partial charge in [0.25, 0.3) is 0 Å². The molecule has 1 aromatic carbocycles. The summed E-state index contributed by atoms with van der Waals surface area (Å²) in [6.45, 7) is 0. The summed E-state index contributed by atoms with van der Waals surface area (Å²) in [7, 11) is 0. The van der Waals surface area contributed by atoms with Gasteiger partial charge in [-0.15, -0.1) is 0 Å². The monoisotopic (exact) mass is 255 g/mol. The lowest BCUT2D eigenvalue weighted by Crippen LogP contribution is -2.21. The van der Waals surface area contributed by atoms with Crippen LogP contribution in [0.1, 0.15) is 10.6 Å². The number of benzene rings is 1. The van der Waals surface area contributed by atoms with Crippen LogP contribution in [0, 0.1) is 0 Å². The van der Waals surface area contributed by atoms with Gasteiger partial charge in [-0.05, 0) is 30.3 Å². The van der Waals surface area contributed by atoms with Crippen molar-refractivity contribution in [1.29, 1.82) is 0 Å². The number of hydrogen-bond donors (Lipinski definition) is 0. The van der Waals surface area contributed by atoms with Gasteiger partial charge in [0.1, 0.15) is 17.5 Å². The van der Waals surface area contributed by atoms with Crippen LogP contribution in [-0.2, 0) is 0 Å². The van der Waals surface area contributed by atoms with E-state index in [0.717, 1.165) is 0 Å². The molecule has 2 rings (SSSR count). The van der Waals surface area contributed by atoms with Crippen molar-refractivity contribution in [3.05, 3.63) is 46.1 Å². The molecule has 0 unspecified atom stereocenters. The van der Waals surface area contributed by atoms with Crippen molar-refractivity contribution in [1.82, 2.24) is 0 Å². The first-order valence-corrected chi connectivity index (χ1v) is 5.10. The first-order valence-electron chi connectivity index (χ1n) is 4.34. The maximum atomic E-state index is 10.5. The highest BCUT2D eigenvalue weighted by Crippen LogP contribution is 2.31. The Morgan fingerprint density at radius 1 is 1.19 bits per heavy atom. The van der Waals surface area contributed by atoms with Crippen molar-refractivity contribution in [2.75, 3.05) is 0 Å². The molecule has 0 saturated heterocycles. The van der Waals surface area contributed by atoms with Crippen molar-refractivity contribution >= 4 is 29.2 Å². The van der Waals surface area contributed by atoms with E-state index in [9.17, 15) is 9.90 Å². The molecular formula is C11H5Cl2O3-. The number of carboxylic acid groups (broad SMARTS) is 1. The van der Waals surface area contributed by atoms with E-state index in [-0.39, 0.29) is 5.76 Å². The van der Waals surface area contributed by atoms with Crippen molar-refractivity contribution in [2.24, 2.45) is 0 Å². The van der Waals surface area contributed by atoms with Crippen LogP contribution in [0.3, 0.4) is 0 Å². The molecule has 0 radical (unpaired) electrons. The molecule has 5 heteroatoms. The largest absolute Gasteiger partial charge is 0.542 e. The highest BCUT2D eigenvalue weighted by molar-refractivity contribution is 6.35. The Balaban J connectivity index is 2.50. The van der Waals surface area contributed by atoms with E-state index < -0.39 is 5.97 Å². The second-order valence-corrected chi connectivity index (χ2v) is 3.92. The van der Waals surface area contributed by atoms with Gasteiger partial charge in [-0.2, -0.15) is 0 Å². The molecule has 82 valence electrons. The summed E-state index contributed by atoms with van der Waals surface area (Å²) in [5, 5.41) is 11.5. The first-order chi connectivity index (χ1) is 7.58. The molecule has 0 aliphatic rings. The zero-order chi connectivity index (χ0) is 11.7. The van der Waals surface area contributed by atoms with Crippen molar-refractivity contribution in [3.63, 3.8) is 0 Å². The zero-order valence-electron chi connectivity index (χ0n) is 7.87. The van der Waals surface area contributed by atoms with Crippen LogP contribution in [0.15, 0.2) is 34.7 Å².